The Balaban J connectivity index is 0.000000183. The van der Waals surface area contributed by atoms with E-state index in [1.54, 1.807) is 14.2 Å². The minimum absolute atomic E-state index is 0. The van der Waals surface area contributed by atoms with E-state index in [0.717, 1.165) is 59.9 Å². The molecule has 0 saturated carbocycles. The van der Waals surface area contributed by atoms with E-state index in [2.05, 4.69) is 80.3 Å². The number of aromatic nitrogens is 7. The van der Waals surface area contributed by atoms with Crippen molar-refractivity contribution in [2.75, 3.05) is 21.0 Å². The van der Waals surface area contributed by atoms with Crippen LogP contribution >= 0.6 is 0 Å². The molecule has 0 saturated heterocycles. The molecule has 1 N–H and O–H groups in total. The maximum Gasteiger partial charge on any atom is 0.231 e. The molecule has 9 rings (SSSR count). The normalized spacial score (nSPS) is 12.6. The molecule has 0 bridgehead atoms. The number of rotatable bonds is 9. The fourth-order valence-corrected chi connectivity index (χ4v) is 7.47. The zero-order valence-electron chi connectivity index (χ0n) is 30.8. The number of hydrogen-bond acceptors (Lipinski definition) is 9. The van der Waals surface area contributed by atoms with Crippen molar-refractivity contribution >= 4 is 10.8 Å². The summed E-state index contributed by atoms with van der Waals surface area (Å²) in [5.74, 6) is 1.61. The molecule has 0 atom stereocenters. The second-order valence-electron chi connectivity index (χ2n) is 13.5. The first-order valence-electron chi connectivity index (χ1n) is 17.6. The van der Waals surface area contributed by atoms with Crippen LogP contribution in [0.2, 0.25) is 0 Å². The lowest BCUT2D eigenvalue weighted by Gasteiger charge is -2.28. The summed E-state index contributed by atoms with van der Waals surface area (Å²) in [6.07, 6.45) is 9.36. The number of halogens is 3. The molecule has 4 aromatic carbocycles. The molecule has 0 radical (unpaired) electrons. The highest BCUT2D eigenvalue weighted by molar-refractivity contribution is 5.95. The number of ether oxygens (including phenoxy) is 4. The van der Waals surface area contributed by atoms with Gasteiger partial charge in [0.1, 0.15) is 42.5 Å². The number of fused-ring (bicyclic) bond motifs is 5. The molecule has 5 heterocycles. The number of nitrogens with zero attached hydrogens (tertiary/aromatic N) is 7. The molecule has 0 fully saturated rings. The summed E-state index contributed by atoms with van der Waals surface area (Å²) in [4.78, 5) is 7.57. The summed E-state index contributed by atoms with van der Waals surface area (Å²) >= 11 is 0. The van der Waals surface area contributed by atoms with Gasteiger partial charge < -0.3 is 41.0 Å². The van der Waals surface area contributed by atoms with Crippen LogP contribution in [-0.4, -0.2) is 55.6 Å². The molecule has 0 spiro atoms. The summed E-state index contributed by atoms with van der Waals surface area (Å²) in [6.45, 7) is 3.16. The minimum atomic E-state index is -1.70. The summed E-state index contributed by atoms with van der Waals surface area (Å²) in [5, 5.41) is 21.0. The van der Waals surface area contributed by atoms with Crippen molar-refractivity contribution in [3.63, 3.8) is 0 Å². The van der Waals surface area contributed by atoms with E-state index < -0.39 is 17.2 Å². The summed E-state index contributed by atoms with van der Waals surface area (Å²) in [5.41, 5.74) is 5.81. The van der Waals surface area contributed by atoms with Gasteiger partial charge in [-0.05, 0) is 48.4 Å². The zero-order valence-corrected chi connectivity index (χ0v) is 32.4. The van der Waals surface area contributed by atoms with Gasteiger partial charge in [-0.2, -0.15) is 14.8 Å². The number of aliphatic hydroxyl groups is 1. The molecular weight excluding hydrogens is 788 g/mol. The van der Waals surface area contributed by atoms with Gasteiger partial charge in [-0.15, -0.1) is 0 Å². The van der Waals surface area contributed by atoms with Gasteiger partial charge in [-0.3, -0.25) is 0 Å². The van der Waals surface area contributed by atoms with Crippen LogP contribution in [-0.2, 0) is 38.1 Å². The van der Waals surface area contributed by atoms with Gasteiger partial charge in [0.05, 0.1) is 38.3 Å². The molecule has 56 heavy (non-hydrogen) atoms. The standard InChI is InChI=1S/C28H26NO4.C13H12F2N6O.BrH/c1-17-5-4-6-18(11-17)12-22-20-7-8-24(30-2)28(31-3)23(20)15-29-10-9-19-13-25-26(33-16-32-25)14-21(19)27(22)29;14-10-1-2-11(12(15)3-10)13(22,4-20-8-16-6-18-20)5-21-9-17-7-19-21;/h4-8,11,13-15H,9-10,12,16H2,1-3H3;1-3,6-9,22H,4-5H2;1H/q+1;;/p-1. The van der Waals surface area contributed by atoms with Crippen LogP contribution < -0.4 is 40.5 Å². The Morgan fingerprint density at radius 1 is 0.875 bits per heavy atom. The van der Waals surface area contributed by atoms with Crippen LogP contribution in [0.5, 0.6) is 23.0 Å². The first-order chi connectivity index (χ1) is 26.7. The van der Waals surface area contributed by atoms with Gasteiger partial charge in [0.25, 0.3) is 0 Å². The molecule has 0 aliphatic carbocycles. The summed E-state index contributed by atoms with van der Waals surface area (Å²) < 4.78 is 55.1. The lowest BCUT2D eigenvalue weighted by Crippen LogP contribution is -3.00. The van der Waals surface area contributed by atoms with E-state index in [0.29, 0.717) is 0 Å². The van der Waals surface area contributed by atoms with Gasteiger partial charge >= 0.3 is 0 Å². The van der Waals surface area contributed by atoms with E-state index in [9.17, 15) is 13.9 Å². The quantitative estimate of drug-likeness (QED) is 0.219. The minimum Gasteiger partial charge on any atom is -1.00 e. The smallest absolute Gasteiger partial charge is 0.231 e. The Bertz CT molecular complexity index is 2460. The number of hydrogen-bond donors (Lipinski definition) is 1. The Hall–Kier alpha value is -5.93. The molecule has 12 nitrogen and oxygen atoms in total. The van der Waals surface area contributed by atoms with Crippen molar-refractivity contribution in [3.05, 3.63) is 138 Å². The molecule has 2 aliphatic rings. The third-order valence-electron chi connectivity index (χ3n) is 9.92. The van der Waals surface area contributed by atoms with Crippen molar-refractivity contribution in [1.29, 1.82) is 0 Å². The van der Waals surface area contributed by atoms with Gasteiger partial charge in [0, 0.05) is 35.4 Å². The molecule has 3 aromatic heterocycles. The van der Waals surface area contributed by atoms with Crippen molar-refractivity contribution in [3.8, 4) is 34.3 Å². The highest BCUT2D eigenvalue weighted by Gasteiger charge is 2.35. The van der Waals surface area contributed by atoms with Crippen molar-refractivity contribution in [2.45, 2.75) is 45.0 Å². The lowest BCUT2D eigenvalue weighted by molar-refractivity contribution is -0.686. The zero-order chi connectivity index (χ0) is 38.1. The van der Waals surface area contributed by atoms with Crippen LogP contribution in [0.1, 0.15) is 27.8 Å². The van der Waals surface area contributed by atoms with E-state index in [1.165, 1.54) is 79.6 Å². The first kappa shape index (κ1) is 38.3. The van der Waals surface area contributed by atoms with Crippen molar-refractivity contribution in [1.82, 2.24) is 29.5 Å². The van der Waals surface area contributed by atoms with E-state index in [1.807, 2.05) is 6.07 Å². The average molecular weight is 827 g/mol. The predicted molar refractivity (Wildman–Crippen MR) is 197 cm³/mol. The van der Waals surface area contributed by atoms with Gasteiger partial charge in [0.2, 0.25) is 12.5 Å². The average Bonchev–Trinajstić information content (AvgIpc) is 3.98. The Morgan fingerprint density at radius 3 is 2.25 bits per heavy atom. The van der Waals surface area contributed by atoms with E-state index in [-0.39, 0.29) is 42.4 Å². The van der Waals surface area contributed by atoms with Crippen LogP contribution in [0.25, 0.3) is 22.0 Å². The second kappa shape index (κ2) is 16.0. The molecule has 0 amide bonds. The van der Waals surface area contributed by atoms with Crippen molar-refractivity contribution in [2.24, 2.45) is 0 Å². The highest BCUT2D eigenvalue weighted by atomic mass is 79.9. The maximum absolute atomic E-state index is 14.1. The fraction of sp³-hybridized carbons (Fsp3) is 0.244. The summed E-state index contributed by atoms with van der Waals surface area (Å²) in [6, 6.07) is 20.2. The SMILES string of the molecule is COc1ccc2c(Cc3cccc(C)c3)c3[n+](cc2c1OC)CCc1cc2c(cc1-3)OCO2.OC(Cn1cncn1)(Cn1cncn1)c1ccc(F)cc1F.[Br-]. The van der Waals surface area contributed by atoms with Gasteiger partial charge in [-0.1, -0.05) is 35.9 Å². The van der Waals surface area contributed by atoms with Crippen LogP contribution in [0.3, 0.4) is 0 Å². The Labute approximate surface area is 331 Å². The lowest BCUT2D eigenvalue weighted by atomic mass is 9.88. The monoisotopic (exact) mass is 825 g/mol. The highest BCUT2D eigenvalue weighted by Crippen LogP contribution is 2.44. The molecule has 15 heteroatoms. The van der Waals surface area contributed by atoms with E-state index in [4.69, 9.17) is 18.9 Å². The molecular formula is C41H38BrF2N7O5. The molecule has 0 unspecified atom stereocenters. The fourth-order valence-electron chi connectivity index (χ4n) is 7.47. The van der Waals surface area contributed by atoms with Crippen LogP contribution in [0, 0.1) is 18.6 Å². The largest absolute Gasteiger partial charge is 1.00 e. The number of methoxy groups -OCH3 is 2. The predicted octanol–water partition coefficient (Wildman–Crippen LogP) is 2.74. The Morgan fingerprint density at radius 2 is 1.61 bits per heavy atom. The third kappa shape index (κ3) is 7.51. The van der Waals surface area contributed by atoms with Crippen LogP contribution in [0.4, 0.5) is 8.78 Å². The number of benzene rings is 4. The topological polar surface area (TPSA) is 122 Å². The molecule has 7 aromatic rings. The van der Waals surface area contributed by atoms with Gasteiger partial charge in [-0.25, -0.2) is 28.1 Å². The maximum atomic E-state index is 14.1. The number of aryl methyl sites for hydroxylation is 3. The second-order valence-corrected chi connectivity index (χ2v) is 13.5. The molecule has 288 valence electrons. The Kier molecular flexibility index (Phi) is 11.0. The number of pyridine rings is 1. The van der Waals surface area contributed by atoms with E-state index >= 15 is 0 Å². The molecule has 2 aliphatic heterocycles. The third-order valence-corrected chi connectivity index (χ3v) is 9.92. The van der Waals surface area contributed by atoms with Crippen LogP contribution in [0.15, 0.2) is 98.2 Å². The first-order valence-corrected chi connectivity index (χ1v) is 17.6. The van der Waals surface area contributed by atoms with Crippen molar-refractivity contribution < 1.29 is 54.4 Å². The van der Waals surface area contributed by atoms with Gasteiger partial charge in [0.15, 0.2) is 35.7 Å². The summed E-state index contributed by atoms with van der Waals surface area (Å²) in [7, 11) is 3.39.